The molecule has 1 aromatic rings. The Labute approximate surface area is 165 Å². The minimum absolute atomic E-state index is 0.132. The Morgan fingerprint density at radius 2 is 1.41 bits per heavy atom. The van der Waals surface area contributed by atoms with E-state index in [4.69, 9.17) is 9.47 Å². The fraction of sp³-hybridized carbons (Fsp3) is 0.714. The molecule has 0 spiro atoms. The predicted octanol–water partition coefficient (Wildman–Crippen LogP) is 7.44. The van der Waals surface area contributed by atoms with Gasteiger partial charge in [0.2, 0.25) is 0 Å². The molecule has 0 saturated carbocycles. The van der Waals surface area contributed by atoms with Crippen LogP contribution in [-0.2, 0) is 9.47 Å². The van der Waals surface area contributed by atoms with Crippen LogP contribution in [0.2, 0.25) is 0 Å². The van der Waals surface area contributed by atoms with Crippen molar-refractivity contribution >= 4 is 5.69 Å². The molecule has 160 valence electrons. The molecule has 0 atom stereocenters. The van der Waals surface area contributed by atoms with E-state index < -0.39 is 17.0 Å². The maximum Gasteiger partial charge on any atom is 0.277 e. The Bertz CT molecular complexity index is 446. The lowest BCUT2D eigenvalue weighted by atomic mass is 10.1. The van der Waals surface area contributed by atoms with Crippen molar-refractivity contribution in [1.29, 1.82) is 0 Å². The maximum atomic E-state index is 13.4. The number of nitro benzene ring substituents is 1. The average molecular weight is 390 g/mol. The Balaban J connectivity index is -0.000000869. The summed E-state index contributed by atoms with van der Waals surface area (Å²) in [4.78, 5) is 10.5. The SMILES string of the molecule is CC.CC.CC.CCCCOC(OCCCC)c1cc(F)ccc1[N+](=O)[O-]. The van der Waals surface area contributed by atoms with Crippen LogP contribution in [0, 0.1) is 15.9 Å². The fourth-order valence-corrected chi connectivity index (χ4v) is 1.78. The van der Waals surface area contributed by atoms with E-state index in [1.807, 2.05) is 55.4 Å². The largest absolute Gasteiger partial charge is 0.348 e. The normalized spacial score (nSPS) is 9.26. The monoisotopic (exact) mass is 389 g/mol. The Morgan fingerprint density at radius 1 is 0.963 bits per heavy atom. The first-order valence-electron chi connectivity index (χ1n) is 10.3. The van der Waals surface area contributed by atoms with Gasteiger partial charge in [-0.05, 0) is 25.0 Å². The highest BCUT2D eigenvalue weighted by Gasteiger charge is 2.24. The van der Waals surface area contributed by atoms with Gasteiger partial charge in [-0.15, -0.1) is 0 Å². The van der Waals surface area contributed by atoms with Gasteiger partial charge in [0.25, 0.3) is 5.69 Å². The van der Waals surface area contributed by atoms with Gasteiger partial charge in [-0.1, -0.05) is 68.2 Å². The van der Waals surface area contributed by atoms with E-state index in [1.165, 1.54) is 0 Å². The molecule has 0 amide bonds. The van der Waals surface area contributed by atoms with Gasteiger partial charge < -0.3 is 9.47 Å². The highest BCUT2D eigenvalue weighted by atomic mass is 19.1. The quantitative estimate of drug-likeness (QED) is 0.180. The maximum absolute atomic E-state index is 13.4. The van der Waals surface area contributed by atoms with E-state index in [0.29, 0.717) is 13.2 Å². The van der Waals surface area contributed by atoms with Crippen LogP contribution in [-0.4, -0.2) is 18.1 Å². The molecular weight excluding hydrogens is 349 g/mol. The van der Waals surface area contributed by atoms with Crippen molar-refractivity contribution in [3.05, 3.63) is 39.7 Å². The van der Waals surface area contributed by atoms with Crippen LogP contribution in [0.15, 0.2) is 18.2 Å². The summed E-state index contributed by atoms with van der Waals surface area (Å²) < 4.78 is 24.5. The molecule has 0 bridgehead atoms. The second-order valence-electron chi connectivity index (χ2n) is 4.74. The Kier molecular flexibility index (Phi) is 25.2. The van der Waals surface area contributed by atoms with E-state index in [-0.39, 0.29) is 11.3 Å². The summed E-state index contributed by atoms with van der Waals surface area (Å²) in [5, 5.41) is 11.1. The number of hydrogen-bond acceptors (Lipinski definition) is 4. The van der Waals surface area contributed by atoms with Crippen LogP contribution < -0.4 is 0 Å². The van der Waals surface area contributed by atoms with E-state index in [2.05, 4.69) is 0 Å². The van der Waals surface area contributed by atoms with Gasteiger partial charge >= 0.3 is 0 Å². The standard InChI is InChI=1S/C15H22FNO4.3C2H6/c1-3-5-9-20-15(21-10-6-4-2)13-11-12(16)7-8-14(13)17(18)19;3*1-2/h7-8,11,15H,3-6,9-10H2,1-2H3;3*1-2H3. The van der Waals surface area contributed by atoms with Crippen molar-refractivity contribution in [3.63, 3.8) is 0 Å². The zero-order valence-corrected chi connectivity index (χ0v) is 18.5. The average Bonchev–Trinajstić information content (AvgIpc) is 2.71. The zero-order chi connectivity index (χ0) is 21.7. The first-order chi connectivity index (χ1) is 13.1. The molecule has 1 rings (SSSR count). The molecule has 0 N–H and O–H groups in total. The van der Waals surface area contributed by atoms with E-state index >= 15 is 0 Å². The van der Waals surface area contributed by atoms with Gasteiger partial charge in [0.05, 0.1) is 23.7 Å². The number of rotatable bonds is 10. The number of nitrogens with zero attached hydrogens (tertiary/aromatic N) is 1. The topological polar surface area (TPSA) is 61.6 Å². The Hall–Kier alpha value is -1.53. The predicted molar refractivity (Wildman–Crippen MR) is 112 cm³/mol. The Morgan fingerprint density at radius 3 is 1.78 bits per heavy atom. The van der Waals surface area contributed by atoms with Crippen molar-refractivity contribution in [2.24, 2.45) is 0 Å². The van der Waals surface area contributed by atoms with Crippen LogP contribution >= 0.6 is 0 Å². The van der Waals surface area contributed by atoms with Crippen molar-refractivity contribution in [1.82, 2.24) is 0 Å². The third kappa shape index (κ3) is 14.2. The van der Waals surface area contributed by atoms with E-state index in [9.17, 15) is 14.5 Å². The van der Waals surface area contributed by atoms with Gasteiger partial charge in [0.15, 0.2) is 6.29 Å². The van der Waals surface area contributed by atoms with Crippen LogP contribution in [0.4, 0.5) is 10.1 Å². The number of benzene rings is 1. The molecule has 0 heterocycles. The summed E-state index contributed by atoms with van der Waals surface area (Å²) in [5.74, 6) is -0.543. The molecule has 0 aliphatic carbocycles. The van der Waals surface area contributed by atoms with Crippen LogP contribution in [0.25, 0.3) is 0 Å². The molecule has 0 fully saturated rings. The smallest absolute Gasteiger partial charge is 0.277 e. The number of nitro groups is 1. The third-order valence-corrected chi connectivity index (χ3v) is 2.97. The van der Waals surface area contributed by atoms with Gasteiger partial charge in [0, 0.05) is 6.07 Å². The summed E-state index contributed by atoms with van der Waals surface area (Å²) in [5.41, 5.74) is -0.0541. The molecule has 0 unspecified atom stereocenters. The molecule has 5 nitrogen and oxygen atoms in total. The van der Waals surface area contributed by atoms with Crippen LogP contribution in [0.1, 0.15) is 92.9 Å². The minimum Gasteiger partial charge on any atom is -0.348 e. The molecule has 0 aliphatic heterocycles. The molecule has 6 heteroatoms. The summed E-state index contributed by atoms with van der Waals surface area (Å²) in [6, 6.07) is 3.32. The molecule has 0 radical (unpaired) electrons. The van der Waals surface area contributed by atoms with Gasteiger partial charge in [-0.2, -0.15) is 0 Å². The fourth-order valence-electron chi connectivity index (χ4n) is 1.78. The van der Waals surface area contributed by atoms with Crippen molar-refractivity contribution in [2.75, 3.05) is 13.2 Å². The third-order valence-electron chi connectivity index (χ3n) is 2.97. The second-order valence-corrected chi connectivity index (χ2v) is 4.74. The summed E-state index contributed by atoms with van der Waals surface area (Å²) in [6.45, 7) is 16.9. The van der Waals surface area contributed by atoms with Gasteiger partial charge in [-0.25, -0.2) is 4.39 Å². The minimum atomic E-state index is -0.904. The van der Waals surface area contributed by atoms with Crippen molar-refractivity contribution in [2.45, 2.75) is 87.4 Å². The molecule has 0 aliphatic rings. The number of hydrogen-bond donors (Lipinski definition) is 0. The molecule has 0 aromatic heterocycles. The highest BCUT2D eigenvalue weighted by molar-refractivity contribution is 5.41. The van der Waals surface area contributed by atoms with Crippen molar-refractivity contribution in [3.8, 4) is 0 Å². The van der Waals surface area contributed by atoms with Crippen molar-refractivity contribution < 1.29 is 18.8 Å². The van der Waals surface area contributed by atoms with Gasteiger partial charge in [-0.3, -0.25) is 10.1 Å². The number of halogens is 1. The van der Waals surface area contributed by atoms with E-state index in [0.717, 1.165) is 43.9 Å². The lowest BCUT2D eigenvalue weighted by Crippen LogP contribution is -2.13. The first kappa shape index (κ1) is 30.2. The summed E-state index contributed by atoms with van der Waals surface area (Å²) in [7, 11) is 0. The molecule has 1 aromatic carbocycles. The lowest BCUT2D eigenvalue weighted by molar-refractivity contribution is -0.387. The lowest BCUT2D eigenvalue weighted by Gasteiger charge is -2.19. The zero-order valence-electron chi connectivity index (χ0n) is 18.5. The second kappa shape index (κ2) is 22.5. The molecule has 27 heavy (non-hydrogen) atoms. The molecule has 0 saturated heterocycles. The van der Waals surface area contributed by atoms with Crippen LogP contribution in [0.3, 0.4) is 0 Å². The molecular formula is C21H40FNO4. The van der Waals surface area contributed by atoms with E-state index in [1.54, 1.807) is 0 Å². The first-order valence-corrected chi connectivity index (χ1v) is 10.3. The number of ether oxygens (including phenoxy) is 2. The van der Waals surface area contributed by atoms with Gasteiger partial charge in [0.1, 0.15) is 5.82 Å². The van der Waals surface area contributed by atoms with Crippen LogP contribution in [0.5, 0.6) is 0 Å². The highest BCUT2D eigenvalue weighted by Crippen LogP contribution is 2.29. The summed E-state index contributed by atoms with van der Waals surface area (Å²) in [6.07, 6.45) is 2.60. The summed E-state index contributed by atoms with van der Waals surface area (Å²) >= 11 is 0. The number of unbranched alkanes of at least 4 members (excludes halogenated alkanes) is 2.